The Balaban J connectivity index is 1.46. The van der Waals surface area contributed by atoms with Gasteiger partial charge in [-0.2, -0.15) is 0 Å². The normalized spacial score (nSPS) is 13.6. The lowest BCUT2D eigenvalue weighted by Gasteiger charge is -2.31. The van der Waals surface area contributed by atoms with Crippen LogP contribution < -0.4 is 10.6 Å². The Kier molecular flexibility index (Phi) is 10.2. The highest BCUT2D eigenvalue weighted by molar-refractivity contribution is 5.72. The minimum absolute atomic E-state index is 0.105. The van der Waals surface area contributed by atoms with Crippen LogP contribution in [0.1, 0.15) is 99.9 Å². The Morgan fingerprint density at radius 3 is 1.40 bits per heavy atom. The monoisotopic (exact) mass is 642 g/mol. The summed E-state index contributed by atoms with van der Waals surface area (Å²) in [6.07, 6.45) is 2.77. The quantitative estimate of drug-likeness (QED) is 0.152. The molecule has 0 fully saturated rings. The van der Waals surface area contributed by atoms with Crippen LogP contribution in [0.25, 0.3) is 33.6 Å². The molecule has 0 aliphatic rings. The van der Waals surface area contributed by atoms with Crippen molar-refractivity contribution < 1.29 is 19.1 Å². The minimum atomic E-state index is -0.593. The predicted octanol–water partition coefficient (Wildman–Crippen LogP) is 8.97. The fourth-order valence-corrected chi connectivity index (χ4v) is 5.05. The second kappa shape index (κ2) is 13.6. The minimum Gasteiger partial charge on any atom is -0.444 e. The molecule has 0 aliphatic heterocycles. The number of amides is 2. The maximum Gasteiger partial charge on any atom is 0.408 e. The molecule has 4 rings (SSSR count). The Labute approximate surface area is 278 Å². The molecule has 10 heteroatoms. The molecule has 0 unspecified atom stereocenters. The second-order valence-electron chi connectivity index (χ2n) is 15.3. The number of benzene rings is 2. The molecule has 0 bridgehead atoms. The van der Waals surface area contributed by atoms with E-state index in [1.165, 1.54) is 0 Å². The lowest BCUT2D eigenvalue weighted by atomic mass is 9.86. The molecule has 252 valence electrons. The predicted molar refractivity (Wildman–Crippen MR) is 186 cm³/mol. The number of rotatable bonds is 8. The van der Waals surface area contributed by atoms with E-state index in [0.717, 1.165) is 33.6 Å². The molecule has 0 aliphatic carbocycles. The van der Waals surface area contributed by atoms with Crippen molar-refractivity contribution in [3.8, 4) is 33.6 Å². The molecule has 0 saturated heterocycles. The van der Waals surface area contributed by atoms with E-state index in [0.29, 0.717) is 11.6 Å². The molecule has 0 spiro atoms. The van der Waals surface area contributed by atoms with Gasteiger partial charge in [-0.05, 0) is 64.0 Å². The summed E-state index contributed by atoms with van der Waals surface area (Å²) < 4.78 is 10.9. The van der Waals surface area contributed by atoms with Crippen molar-refractivity contribution in [1.29, 1.82) is 0 Å². The maximum absolute atomic E-state index is 12.6. The molecule has 0 radical (unpaired) electrons. The third-order valence-electron chi connectivity index (χ3n) is 7.32. The van der Waals surface area contributed by atoms with Crippen LogP contribution in [0.2, 0.25) is 0 Å². The molecular weight excluding hydrogens is 592 g/mol. The molecule has 2 amide bonds. The van der Waals surface area contributed by atoms with E-state index < -0.39 is 23.4 Å². The Morgan fingerprint density at radius 1 is 0.617 bits per heavy atom. The molecule has 2 heterocycles. The Hall–Kier alpha value is -4.60. The number of H-pyrrole nitrogens is 2. The Morgan fingerprint density at radius 2 is 1.00 bits per heavy atom. The lowest BCUT2D eigenvalue weighted by molar-refractivity contribution is 0.0455. The van der Waals surface area contributed by atoms with Gasteiger partial charge in [0.05, 0.1) is 23.5 Å². The lowest BCUT2D eigenvalue weighted by Crippen LogP contribution is -2.40. The number of carbonyl (C=O) groups is 2. The van der Waals surface area contributed by atoms with Crippen molar-refractivity contribution in [3.63, 3.8) is 0 Å². The van der Waals surface area contributed by atoms with Gasteiger partial charge in [-0.3, -0.25) is 0 Å². The number of aromatic nitrogens is 4. The van der Waals surface area contributed by atoms with Gasteiger partial charge in [-0.15, -0.1) is 0 Å². The first-order valence-electron chi connectivity index (χ1n) is 16.1. The van der Waals surface area contributed by atoms with Gasteiger partial charge in [0.1, 0.15) is 22.9 Å². The standard InChI is InChI=1S/C37H50N6O4/c1-22(2)29(42-33(44)46-36(6,7)8)31-38-20-27(40-31)25-16-12-23(13-17-25)24-14-18-26(19-15-24)28-21-39-32(41-28)30(35(3,4)5)43-34(45)47-37(9,10)11/h12-22,29-30H,1-11H3,(H,38,40)(H,39,41)(H,42,44)(H,43,45)/t29-,30+/m0/s1. The van der Waals surface area contributed by atoms with Crippen LogP contribution in [0.4, 0.5) is 9.59 Å². The van der Waals surface area contributed by atoms with Crippen LogP contribution in [0, 0.1) is 11.3 Å². The summed E-state index contributed by atoms with van der Waals surface area (Å²) in [5.41, 5.74) is 4.17. The van der Waals surface area contributed by atoms with E-state index in [4.69, 9.17) is 19.4 Å². The fraction of sp³-hybridized carbons (Fsp3) is 0.459. The topological polar surface area (TPSA) is 134 Å². The van der Waals surface area contributed by atoms with Gasteiger partial charge in [-0.25, -0.2) is 19.6 Å². The highest BCUT2D eigenvalue weighted by Gasteiger charge is 2.32. The summed E-state index contributed by atoms with van der Waals surface area (Å²) in [6.45, 7) is 21.3. The number of nitrogens with zero attached hydrogens (tertiary/aromatic N) is 2. The number of alkyl carbamates (subject to hydrolysis) is 2. The zero-order valence-corrected chi connectivity index (χ0v) is 29.5. The van der Waals surface area contributed by atoms with E-state index in [1.807, 2.05) is 92.0 Å². The number of hydrogen-bond donors (Lipinski definition) is 4. The number of nitrogens with one attached hydrogen (secondary N) is 4. The summed E-state index contributed by atoms with van der Waals surface area (Å²) in [4.78, 5) is 41.1. The van der Waals surface area contributed by atoms with E-state index in [1.54, 1.807) is 0 Å². The first kappa shape index (κ1) is 35.3. The van der Waals surface area contributed by atoms with Crippen molar-refractivity contribution in [2.24, 2.45) is 11.3 Å². The van der Waals surface area contributed by atoms with Crippen LogP contribution in [0.3, 0.4) is 0 Å². The van der Waals surface area contributed by atoms with Gasteiger partial charge in [0.2, 0.25) is 0 Å². The van der Waals surface area contributed by atoms with Crippen LogP contribution in [0.5, 0.6) is 0 Å². The van der Waals surface area contributed by atoms with E-state index in [-0.39, 0.29) is 23.4 Å². The molecule has 4 N–H and O–H groups in total. The number of aromatic amines is 2. The number of imidazole rings is 2. The molecule has 2 aromatic heterocycles. The van der Waals surface area contributed by atoms with Crippen LogP contribution in [-0.4, -0.2) is 43.3 Å². The molecule has 2 aromatic carbocycles. The summed E-state index contributed by atoms with van der Waals surface area (Å²) >= 11 is 0. The van der Waals surface area contributed by atoms with Crippen molar-refractivity contribution in [3.05, 3.63) is 72.6 Å². The maximum atomic E-state index is 12.6. The molecule has 2 atom stereocenters. The van der Waals surface area contributed by atoms with Gasteiger partial charge in [0.15, 0.2) is 0 Å². The fourth-order valence-electron chi connectivity index (χ4n) is 5.05. The molecule has 10 nitrogen and oxygen atoms in total. The summed E-state index contributed by atoms with van der Waals surface area (Å²) in [6, 6.07) is 15.8. The highest BCUT2D eigenvalue weighted by Crippen LogP contribution is 2.33. The summed E-state index contributed by atoms with van der Waals surface area (Å²) in [7, 11) is 0. The molecule has 0 saturated carbocycles. The third-order valence-corrected chi connectivity index (χ3v) is 7.32. The van der Waals surface area contributed by atoms with Gasteiger partial charge < -0.3 is 30.1 Å². The van der Waals surface area contributed by atoms with Gasteiger partial charge >= 0.3 is 12.2 Å². The van der Waals surface area contributed by atoms with Gasteiger partial charge in [0, 0.05) is 23.5 Å². The van der Waals surface area contributed by atoms with Gasteiger partial charge in [-0.1, -0.05) is 83.1 Å². The molecule has 47 heavy (non-hydrogen) atoms. The van der Waals surface area contributed by atoms with Crippen LogP contribution in [0.15, 0.2) is 60.9 Å². The molecule has 4 aromatic rings. The van der Waals surface area contributed by atoms with Crippen LogP contribution in [-0.2, 0) is 9.47 Å². The van der Waals surface area contributed by atoms with Crippen molar-refractivity contribution in [1.82, 2.24) is 30.6 Å². The Bertz CT molecular complexity index is 1650. The number of ether oxygens (including phenoxy) is 2. The zero-order chi connectivity index (χ0) is 34.7. The van der Waals surface area contributed by atoms with E-state index in [9.17, 15) is 9.59 Å². The van der Waals surface area contributed by atoms with Crippen LogP contribution >= 0.6 is 0 Å². The van der Waals surface area contributed by atoms with Gasteiger partial charge in [0.25, 0.3) is 0 Å². The highest BCUT2D eigenvalue weighted by atomic mass is 16.6. The first-order chi connectivity index (χ1) is 21.8. The number of hydrogen-bond acceptors (Lipinski definition) is 6. The first-order valence-corrected chi connectivity index (χ1v) is 16.1. The molecular formula is C37H50N6O4. The second-order valence-corrected chi connectivity index (χ2v) is 15.3. The van der Waals surface area contributed by atoms with Crippen molar-refractivity contribution in [2.75, 3.05) is 0 Å². The number of carbonyl (C=O) groups excluding carboxylic acids is 2. The largest absolute Gasteiger partial charge is 0.444 e. The zero-order valence-electron chi connectivity index (χ0n) is 29.5. The van der Waals surface area contributed by atoms with E-state index >= 15 is 0 Å². The van der Waals surface area contributed by atoms with Crippen molar-refractivity contribution in [2.45, 2.75) is 99.4 Å². The third kappa shape index (κ3) is 9.70. The van der Waals surface area contributed by atoms with E-state index in [2.05, 4.69) is 65.6 Å². The summed E-state index contributed by atoms with van der Waals surface area (Å²) in [5, 5.41) is 5.93. The average Bonchev–Trinajstić information content (AvgIpc) is 3.63. The SMILES string of the molecule is CC(C)[C@H](NC(=O)OC(C)(C)C)c1nc(-c2ccc(-c3ccc(-c4c[nH]c([C@@H](NC(=O)OC(C)(C)C)C(C)(C)C)n4)cc3)cc2)c[nH]1. The smallest absolute Gasteiger partial charge is 0.408 e. The van der Waals surface area contributed by atoms with Crippen molar-refractivity contribution >= 4 is 12.2 Å². The average molecular weight is 643 g/mol. The summed E-state index contributed by atoms with van der Waals surface area (Å²) in [5.74, 6) is 1.45.